The fourth-order valence-electron chi connectivity index (χ4n) is 3.03. The van der Waals surface area contributed by atoms with Crippen LogP contribution >= 0.6 is 0 Å². The number of fused-ring (bicyclic) bond motifs is 1. The van der Waals surface area contributed by atoms with E-state index in [9.17, 15) is 18.0 Å². The van der Waals surface area contributed by atoms with Crippen LogP contribution in [0, 0.1) is 17.5 Å². The molecule has 0 saturated heterocycles. The smallest absolute Gasteiger partial charge is 0.341 e. The van der Waals surface area contributed by atoms with Gasteiger partial charge in [0.25, 0.3) is 0 Å². The lowest BCUT2D eigenvalue weighted by Gasteiger charge is -2.28. The standard InChI is InChI=1S/C22H15F3O4/c23-16-6-7-18(19(25)10-16)21(26)27-11-14-8-17(24)9-15-12-28-22(29-20(14)15)13-4-2-1-3-5-13/h1-10,22H,11-12H2/t22-/m1/s1. The lowest BCUT2D eigenvalue weighted by molar-refractivity contribution is -0.112. The zero-order valence-corrected chi connectivity index (χ0v) is 15.0. The van der Waals surface area contributed by atoms with E-state index >= 15 is 0 Å². The molecule has 0 aromatic heterocycles. The highest BCUT2D eigenvalue weighted by Crippen LogP contribution is 2.37. The van der Waals surface area contributed by atoms with E-state index in [0.717, 1.165) is 17.7 Å². The minimum Gasteiger partial charge on any atom is -0.460 e. The molecule has 0 aliphatic carbocycles. The molecule has 3 aromatic carbocycles. The summed E-state index contributed by atoms with van der Waals surface area (Å²) >= 11 is 0. The minimum atomic E-state index is -1.04. The molecule has 0 amide bonds. The van der Waals surface area contributed by atoms with Crippen LogP contribution in [-0.2, 0) is 22.7 Å². The van der Waals surface area contributed by atoms with Gasteiger partial charge in [-0.25, -0.2) is 18.0 Å². The fraction of sp³-hybridized carbons (Fsp3) is 0.136. The summed E-state index contributed by atoms with van der Waals surface area (Å²) in [6, 6.07) is 14.2. The van der Waals surface area contributed by atoms with Gasteiger partial charge in [-0.1, -0.05) is 30.3 Å². The largest absolute Gasteiger partial charge is 0.460 e. The summed E-state index contributed by atoms with van der Waals surface area (Å²) in [5.41, 5.74) is 1.11. The molecule has 0 unspecified atom stereocenters. The molecular weight excluding hydrogens is 385 g/mol. The molecule has 0 fully saturated rings. The van der Waals surface area contributed by atoms with E-state index in [2.05, 4.69) is 0 Å². The zero-order valence-electron chi connectivity index (χ0n) is 15.0. The second kappa shape index (κ2) is 7.97. The van der Waals surface area contributed by atoms with Crippen molar-refractivity contribution in [3.63, 3.8) is 0 Å². The summed E-state index contributed by atoms with van der Waals surface area (Å²) < 4.78 is 57.4. The van der Waals surface area contributed by atoms with Gasteiger partial charge >= 0.3 is 5.97 Å². The Morgan fingerprint density at radius 1 is 1.00 bits per heavy atom. The summed E-state index contributed by atoms with van der Waals surface area (Å²) in [6.07, 6.45) is -0.696. The van der Waals surface area contributed by atoms with Crippen molar-refractivity contribution >= 4 is 5.97 Å². The average Bonchev–Trinajstić information content (AvgIpc) is 2.72. The molecule has 0 spiro atoms. The Balaban J connectivity index is 1.55. The number of esters is 1. The molecule has 1 heterocycles. The molecule has 0 radical (unpaired) electrons. The number of carbonyl (C=O) groups excluding carboxylic acids is 1. The Hall–Kier alpha value is -3.32. The van der Waals surface area contributed by atoms with Crippen LogP contribution in [0.25, 0.3) is 0 Å². The first kappa shape index (κ1) is 19.0. The molecule has 4 nitrogen and oxygen atoms in total. The Labute approximate surface area is 164 Å². The monoisotopic (exact) mass is 400 g/mol. The minimum absolute atomic E-state index is 0.111. The number of hydrogen-bond donors (Lipinski definition) is 0. The van der Waals surface area contributed by atoms with Crippen molar-refractivity contribution in [2.24, 2.45) is 0 Å². The van der Waals surface area contributed by atoms with E-state index in [4.69, 9.17) is 14.2 Å². The quantitative estimate of drug-likeness (QED) is 0.574. The van der Waals surface area contributed by atoms with Crippen molar-refractivity contribution in [3.05, 3.63) is 100 Å². The van der Waals surface area contributed by atoms with E-state index in [1.165, 1.54) is 12.1 Å². The van der Waals surface area contributed by atoms with Crippen LogP contribution in [0.5, 0.6) is 5.75 Å². The Kier molecular flexibility index (Phi) is 5.22. The third-order valence-corrected chi connectivity index (χ3v) is 4.40. The second-order valence-electron chi connectivity index (χ2n) is 6.42. The summed E-state index contributed by atoms with van der Waals surface area (Å²) in [5, 5.41) is 0. The van der Waals surface area contributed by atoms with Gasteiger partial charge in [-0.05, 0) is 24.3 Å². The average molecular weight is 400 g/mol. The molecule has 148 valence electrons. The third kappa shape index (κ3) is 4.09. The van der Waals surface area contributed by atoms with Gasteiger partial charge < -0.3 is 14.2 Å². The summed E-state index contributed by atoms with van der Waals surface area (Å²) in [7, 11) is 0. The van der Waals surface area contributed by atoms with Crippen LogP contribution in [0.4, 0.5) is 13.2 Å². The van der Waals surface area contributed by atoms with Crippen LogP contribution in [0.1, 0.15) is 33.3 Å². The van der Waals surface area contributed by atoms with Crippen molar-refractivity contribution in [1.82, 2.24) is 0 Å². The Morgan fingerprint density at radius 2 is 1.79 bits per heavy atom. The maximum absolute atomic E-state index is 14.0. The maximum Gasteiger partial charge on any atom is 0.341 e. The fourth-order valence-corrected chi connectivity index (χ4v) is 3.03. The SMILES string of the molecule is O=C(OCc1cc(F)cc2c1O[C@H](c1ccccc1)OC2)c1ccc(F)cc1F. The zero-order chi connectivity index (χ0) is 20.4. The van der Waals surface area contributed by atoms with Crippen LogP contribution in [0.15, 0.2) is 60.7 Å². The van der Waals surface area contributed by atoms with E-state index in [1.54, 1.807) is 0 Å². The van der Waals surface area contributed by atoms with Gasteiger partial charge in [0.1, 0.15) is 29.8 Å². The number of ether oxygens (including phenoxy) is 3. The first-order chi connectivity index (χ1) is 14.0. The molecule has 1 aliphatic rings. The van der Waals surface area contributed by atoms with Gasteiger partial charge in [0.15, 0.2) is 0 Å². The van der Waals surface area contributed by atoms with Crippen LogP contribution in [0.2, 0.25) is 0 Å². The molecule has 1 atom stereocenters. The summed E-state index contributed by atoms with van der Waals surface area (Å²) in [6.45, 7) is -0.239. The second-order valence-corrected chi connectivity index (χ2v) is 6.42. The molecule has 7 heteroatoms. The van der Waals surface area contributed by atoms with Gasteiger partial charge in [-0.2, -0.15) is 0 Å². The van der Waals surface area contributed by atoms with Gasteiger partial charge in [0, 0.05) is 22.8 Å². The maximum atomic E-state index is 14.0. The number of benzene rings is 3. The first-order valence-electron chi connectivity index (χ1n) is 8.78. The topological polar surface area (TPSA) is 44.8 Å². The highest BCUT2D eigenvalue weighted by molar-refractivity contribution is 5.89. The molecule has 0 N–H and O–H groups in total. The lowest BCUT2D eigenvalue weighted by atomic mass is 10.1. The van der Waals surface area contributed by atoms with E-state index < -0.39 is 35.3 Å². The molecular formula is C22H15F3O4. The highest BCUT2D eigenvalue weighted by atomic mass is 19.1. The van der Waals surface area contributed by atoms with Crippen LogP contribution in [0.3, 0.4) is 0 Å². The number of hydrogen-bond acceptors (Lipinski definition) is 4. The van der Waals surface area contributed by atoms with Gasteiger partial charge in [0.2, 0.25) is 6.29 Å². The first-order valence-corrected chi connectivity index (χ1v) is 8.78. The summed E-state index contributed by atoms with van der Waals surface area (Å²) in [4.78, 5) is 12.1. The molecule has 3 aromatic rings. The number of rotatable bonds is 4. The van der Waals surface area contributed by atoms with Crippen molar-refractivity contribution in [2.75, 3.05) is 0 Å². The third-order valence-electron chi connectivity index (χ3n) is 4.40. The Morgan fingerprint density at radius 3 is 2.55 bits per heavy atom. The normalized spacial score (nSPS) is 15.3. The molecule has 29 heavy (non-hydrogen) atoms. The van der Waals surface area contributed by atoms with Gasteiger partial charge in [0.05, 0.1) is 12.2 Å². The number of carbonyl (C=O) groups is 1. The van der Waals surface area contributed by atoms with E-state index in [-0.39, 0.29) is 18.8 Å². The van der Waals surface area contributed by atoms with Crippen molar-refractivity contribution in [2.45, 2.75) is 19.5 Å². The molecule has 4 rings (SSSR count). The van der Waals surface area contributed by atoms with Gasteiger partial charge in [-0.15, -0.1) is 0 Å². The predicted molar refractivity (Wildman–Crippen MR) is 96.5 cm³/mol. The van der Waals surface area contributed by atoms with Gasteiger partial charge in [-0.3, -0.25) is 0 Å². The van der Waals surface area contributed by atoms with Crippen LogP contribution < -0.4 is 4.74 Å². The number of halogens is 3. The van der Waals surface area contributed by atoms with E-state index in [1.807, 2.05) is 30.3 Å². The lowest BCUT2D eigenvalue weighted by Crippen LogP contribution is -2.20. The molecule has 0 saturated carbocycles. The Bertz CT molecular complexity index is 1050. The van der Waals surface area contributed by atoms with E-state index in [0.29, 0.717) is 17.4 Å². The summed E-state index contributed by atoms with van der Waals surface area (Å²) in [5.74, 6) is -3.04. The molecule has 0 bridgehead atoms. The van der Waals surface area contributed by atoms with Crippen molar-refractivity contribution in [1.29, 1.82) is 0 Å². The predicted octanol–water partition coefficient (Wildman–Crippen LogP) is 5.07. The van der Waals surface area contributed by atoms with Crippen molar-refractivity contribution in [3.8, 4) is 5.75 Å². The highest BCUT2D eigenvalue weighted by Gasteiger charge is 2.26. The molecule has 1 aliphatic heterocycles. The van der Waals surface area contributed by atoms with Crippen LogP contribution in [-0.4, -0.2) is 5.97 Å². The van der Waals surface area contributed by atoms with Crippen molar-refractivity contribution < 1.29 is 32.2 Å².